The fourth-order valence-electron chi connectivity index (χ4n) is 2.07. The predicted octanol–water partition coefficient (Wildman–Crippen LogP) is 1.53. The summed E-state index contributed by atoms with van der Waals surface area (Å²) in [6, 6.07) is 9.31. The molecule has 0 amide bonds. The van der Waals surface area contributed by atoms with E-state index in [-0.39, 0.29) is 0 Å². The van der Waals surface area contributed by atoms with Gasteiger partial charge in [0.1, 0.15) is 6.10 Å². The van der Waals surface area contributed by atoms with Crippen LogP contribution in [0.25, 0.3) is 5.57 Å². The van der Waals surface area contributed by atoms with Crippen molar-refractivity contribution in [1.29, 1.82) is 0 Å². The summed E-state index contributed by atoms with van der Waals surface area (Å²) in [5.41, 5.74) is 1.75. The van der Waals surface area contributed by atoms with Gasteiger partial charge in [-0.25, -0.2) is 0 Å². The molecule has 0 aliphatic carbocycles. The van der Waals surface area contributed by atoms with Crippen LogP contribution in [0.15, 0.2) is 40.9 Å². The Morgan fingerprint density at radius 3 is 2.84 bits per heavy atom. The van der Waals surface area contributed by atoms with E-state index in [1.165, 1.54) is 0 Å². The first-order valence-corrected chi connectivity index (χ1v) is 6.31. The predicted molar refractivity (Wildman–Crippen MR) is 70.3 cm³/mol. The van der Waals surface area contributed by atoms with Crippen molar-refractivity contribution in [3.05, 3.63) is 53.7 Å². The van der Waals surface area contributed by atoms with Crippen LogP contribution in [-0.2, 0) is 0 Å². The number of nitrogens with one attached hydrogen (secondary N) is 1. The van der Waals surface area contributed by atoms with Crippen molar-refractivity contribution in [1.82, 2.24) is 15.5 Å². The molecular weight excluding hydrogens is 242 g/mol. The number of aliphatic hydroxyl groups is 1. The molecule has 0 radical (unpaired) electrons. The average molecular weight is 257 g/mol. The van der Waals surface area contributed by atoms with Crippen molar-refractivity contribution in [2.75, 3.05) is 13.1 Å². The fraction of sp³-hybridized carbons (Fsp3) is 0.286. The standard InChI is InChI=1S/C14H15N3O2/c18-12(10-5-2-1-3-6-10)13-16-14(19-17-13)11-7-4-8-15-9-11/h1-3,5-7,12,15,18H,4,8-9H2. The van der Waals surface area contributed by atoms with Gasteiger partial charge < -0.3 is 14.9 Å². The molecule has 0 spiro atoms. The second kappa shape index (κ2) is 5.34. The molecule has 1 aromatic heterocycles. The zero-order chi connectivity index (χ0) is 13.1. The van der Waals surface area contributed by atoms with E-state index in [4.69, 9.17) is 4.52 Å². The summed E-state index contributed by atoms with van der Waals surface area (Å²) in [5, 5.41) is 17.3. The number of hydrogen-bond donors (Lipinski definition) is 2. The van der Waals surface area contributed by atoms with Crippen LogP contribution in [0.4, 0.5) is 0 Å². The van der Waals surface area contributed by atoms with Gasteiger partial charge in [0.2, 0.25) is 5.82 Å². The third kappa shape index (κ3) is 2.57. The highest BCUT2D eigenvalue weighted by Crippen LogP contribution is 2.21. The monoisotopic (exact) mass is 257 g/mol. The summed E-state index contributed by atoms with van der Waals surface area (Å²) in [5.74, 6) is 0.782. The highest BCUT2D eigenvalue weighted by Gasteiger charge is 2.19. The molecule has 1 aliphatic rings. The molecule has 2 aromatic rings. The Balaban J connectivity index is 1.83. The lowest BCUT2D eigenvalue weighted by Crippen LogP contribution is -2.21. The first-order valence-electron chi connectivity index (χ1n) is 6.31. The van der Waals surface area contributed by atoms with Gasteiger partial charge in [0, 0.05) is 12.1 Å². The summed E-state index contributed by atoms with van der Waals surface area (Å²) in [6.45, 7) is 1.69. The molecule has 1 atom stereocenters. The molecule has 0 saturated carbocycles. The Hall–Kier alpha value is -1.98. The van der Waals surface area contributed by atoms with Crippen LogP contribution in [0.2, 0.25) is 0 Å². The van der Waals surface area contributed by atoms with E-state index in [0.29, 0.717) is 11.7 Å². The Labute approximate surface area is 111 Å². The summed E-state index contributed by atoms with van der Waals surface area (Å²) in [7, 11) is 0. The summed E-state index contributed by atoms with van der Waals surface area (Å²) < 4.78 is 5.22. The molecule has 5 nitrogen and oxygen atoms in total. The zero-order valence-corrected chi connectivity index (χ0v) is 10.4. The molecule has 2 heterocycles. The number of benzene rings is 1. The van der Waals surface area contributed by atoms with Crippen molar-refractivity contribution < 1.29 is 9.63 Å². The lowest BCUT2D eigenvalue weighted by molar-refractivity contribution is 0.204. The highest BCUT2D eigenvalue weighted by atomic mass is 16.5. The van der Waals surface area contributed by atoms with Gasteiger partial charge in [-0.05, 0) is 18.5 Å². The van der Waals surface area contributed by atoms with E-state index >= 15 is 0 Å². The third-order valence-corrected chi connectivity index (χ3v) is 3.10. The quantitative estimate of drug-likeness (QED) is 0.872. The van der Waals surface area contributed by atoms with Crippen molar-refractivity contribution >= 4 is 5.57 Å². The summed E-state index contributed by atoms with van der Waals surface area (Å²) in [6.07, 6.45) is 2.19. The lowest BCUT2D eigenvalue weighted by Gasteiger charge is -2.10. The lowest BCUT2D eigenvalue weighted by atomic mass is 10.1. The minimum atomic E-state index is -0.851. The molecule has 0 bridgehead atoms. The molecule has 1 unspecified atom stereocenters. The second-order valence-corrected chi connectivity index (χ2v) is 4.47. The van der Waals surface area contributed by atoms with Crippen molar-refractivity contribution in [2.45, 2.75) is 12.5 Å². The SMILES string of the molecule is OC(c1ccccc1)c1noc(C2=CCCNC2)n1. The molecular formula is C14H15N3O2. The molecule has 1 aliphatic heterocycles. The normalized spacial score (nSPS) is 17.0. The van der Waals surface area contributed by atoms with Crippen LogP contribution in [-0.4, -0.2) is 28.3 Å². The van der Waals surface area contributed by atoms with Gasteiger partial charge in [0.25, 0.3) is 5.89 Å². The second-order valence-electron chi connectivity index (χ2n) is 4.47. The van der Waals surface area contributed by atoms with Crippen LogP contribution in [0.1, 0.15) is 29.8 Å². The summed E-state index contributed by atoms with van der Waals surface area (Å²) >= 11 is 0. The first-order chi connectivity index (χ1) is 9.34. The van der Waals surface area contributed by atoms with Gasteiger partial charge in [0.05, 0.1) is 0 Å². The fourth-order valence-corrected chi connectivity index (χ4v) is 2.07. The maximum atomic E-state index is 10.2. The van der Waals surface area contributed by atoms with Gasteiger partial charge in [-0.1, -0.05) is 41.6 Å². The van der Waals surface area contributed by atoms with Crippen LogP contribution < -0.4 is 5.32 Å². The average Bonchev–Trinajstić information content (AvgIpc) is 2.98. The molecule has 0 fully saturated rings. The molecule has 0 saturated heterocycles. The molecule has 19 heavy (non-hydrogen) atoms. The largest absolute Gasteiger partial charge is 0.380 e. The van der Waals surface area contributed by atoms with Crippen molar-refractivity contribution in [3.63, 3.8) is 0 Å². The van der Waals surface area contributed by atoms with E-state index in [2.05, 4.69) is 21.5 Å². The van der Waals surface area contributed by atoms with Crippen LogP contribution in [0, 0.1) is 0 Å². The minimum Gasteiger partial charge on any atom is -0.380 e. The maximum absolute atomic E-state index is 10.2. The van der Waals surface area contributed by atoms with Gasteiger partial charge in [-0.15, -0.1) is 0 Å². The number of hydrogen-bond acceptors (Lipinski definition) is 5. The number of rotatable bonds is 3. The third-order valence-electron chi connectivity index (χ3n) is 3.10. The van der Waals surface area contributed by atoms with Crippen molar-refractivity contribution in [2.24, 2.45) is 0 Å². The van der Waals surface area contributed by atoms with Gasteiger partial charge in [-0.2, -0.15) is 4.98 Å². The number of nitrogens with zero attached hydrogens (tertiary/aromatic N) is 2. The van der Waals surface area contributed by atoms with Crippen LogP contribution >= 0.6 is 0 Å². The van der Waals surface area contributed by atoms with E-state index in [1.807, 2.05) is 30.3 Å². The van der Waals surface area contributed by atoms with Gasteiger partial charge >= 0.3 is 0 Å². The highest BCUT2D eigenvalue weighted by molar-refractivity contribution is 5.60. The van der Waals surface area contributed by atoms with Crippen LogP contribution in [0.5, 0.6) is 0 Å². The van der Waals surface area contributed by atoms with E-state index in [9.17, 15) is 5.11 Å². The number of aromatic nitrogens is 2. The molecule has 5 heteroatoms. The summed E-state index contributed by atoms with van der Waals surface area (Å²) in [4.78, 5) is 4.27. The minimum absolute atomic E-state index is 0.299. The van der Waals surface area contributed by atoms with Gasteiger partial charge in [-0.3, -0.25) is 0 Å². The smallest absolute Gasteiger partial charge is 0.254 e. The van der Waals surface area contributed by atoms with Crippen molar-refractivity contribution in [3.8, 4) is 0 Å². The Kier molecular flexibility index (Phi) is 3.39. The molecule has 3 rings (SSSR count). The zero-order valence-electron chi connectivity index (χ0n) is 10.4. The molecule has 98 valence electrons. The van der Waals surface area contributed by atoms with E-state index < -0.39 is 6.10 Å². The Morgan fingerprint density at radius 1 is 1.26 bits per heavy atom. The topological polar surface area (TPSA) is 71.2 Å². The van der Waals surface area contributed by atoms with E-state index in [1.54, 1.807) is 0 Å². The van der Waals surface area contributed by atoms with E-state index in [0.717, 1.165) is 30.6 Å². The Morgan fingerprint density at radius 2 is 2.11 bits per heavy atom. The van der Waals surface area contributed by atoms with Gasteiger partial charge in [0.15, 0.2) is 0 Å². The maximum Gasteiger partial charge on any atom is 0.254 e. The van der Waals surface area contributed by atoms with Crippen LogP contribution in [0.3, 0.4) is 0 Å². The molecule has 1 aromatic carbocycles. The Bertz CT molecular complexity index is 577. The first kappa shape index (κ1) is 12.1. The molecule has 2 N–H and O–H groups in total. The number of aliphatic hydroxyl groups excluding tert-OH is 1.